The monoisotopic (exact) mass is 255 g/mol. The van der Waals surface area contributed by atoms with Crippen LogP contribution in [0.1, 0.15) is 18.4 Å². The van der Waals surface area contributed by atoms with Gasteiger partial charge in [0, 0.05) is 24.8 Å². The molecule has 3 rings (SSSR count). The van der Waals surface area contributed by atoms with Crippen LogP contribution in [0.3, 0.4) is 0 Å². The van der Waals surface area contributed by atoms with Crippen LogP contribution in [0.2, 0.25) is 0 Å². The fraction of sp³-hybridized carbons (Fsp3) is 0.357. The molecule has 1 aliphatic heterocycles. The zero-order valence-corrected chi connectivity index (χ0v) is 11.0. The minimum atomic E-state index is 0.539. The van der Waals surface area contributed by atoms with Crippen molar-refractivity contribution in [2.45, 2.75) is 19.8 Å². The summed E-state index contributed by atoms with van der Waals surface area (Å²) < 4.78 is 0. The molecule has 0 bridgehead atoms. The molecular formula is C14H17N5. The van der Waals surface area contributed by atoms with Gasteiger partial charge in [-0.05, 0) is 31.9 Å². The Morgan fingerprint density at radius 3 is 2.63 bits per heavy atom. The molecule has 1 saturated heterocycles. The van der Waals surface area contributed by atoms with E-state index in [1.165, 1.54) is 12.8 Å². The van der Waals surface area contributed by atoms with Gasteiger partial charge in [-0.25, -0.2) is 9.97 Å². The summed E-state index contributed by atoms with van der Waals surface area (Å²) in [6.45, 7) is 4.06. The predicted octanol–water partition coefficient (Wildman–Crippen LogP) is 2.03. The lowest BCUT2D eigenvalue weighted by Gasteiger charge is -2.20. The first-order chi connectivity index (χ1) is 9.25. The standard InChI is InChI=1S/C14H17N5/c1-10-12(15)17-13(11-6-2-3-7-16-11)18-14(10)19-8-4-5-9-19/h2-3,6-7H,4-5,8-9H2,1H3,(H2,15,17,18). The average molecular weight is 255 g/mol. The van der Waals surface area contributed by atoms with E-state index in [1.54, 1.807) is 6.20 Å². The largest absolute Gasteiger partial charge is 0.383 e. The van der Waals surface area contributed by atoms with E-state index in [1.807, 2.05) is 25.1 Å². The lowest BCUT2D eigenvalue weighted by atomic mass is 10.2. The van der Waals surface area contributed by atoms with Crippen LogP contribution in [-0.2, 0) is 0 Å². The van der Waals surface area contributed by atoms with E-state index in [0.29, 0.717) is 11.6 Å². The van der Waals surface area contributed by atoms with E-state index >= 15 is 0 Å². The van der Waals surface area contributed by atoms with Crippen molar-refractivity contribution in [1.82, 2.24) is 15.0 Å². The van der Waals surface area contributed by atoms with E-state index in [0.717, 1.165) is 30.2 Å². The van der Waals surface area contributed by atoms with Crippen molar-refractivity contribution in [3.05, 3.63) is 30.0 Å². The molecule has 0 saturated carbocycles. The summed E-state index contributed by atoms with van der Waals surface area (Å²) in [4.78, 5) is 15.6. The van der Waals surface area contributed by atoms with Crippen LogP contribution in [0, 0.1) is 6.92 Å². The summed E-state index contributed by atoms with van der Waals surface area (Å²) >= 11 is 0. The van der Waals surface area contributed by atoms with Crippen LogP contribution < -0.4 is 10.6 Å². The van der Waals surface area contributed by atoms with Crippen molar-refractivity contribution < 1.29 is 0 Å². The first-order valence-corrected chi connectivity index (χ1v) is 6.56. The van der Waals surface area contributed by atoms with Gasteiger partial charge in [0.1, 0.15) is 17.3 Å². The van der Waals surface area contributed by atoms with Crippen LogP contribution in [0.4, 0.5) is 11.6 Å². The molecule has 0 radical (unpaired) electrons. The maximum Gasteiger partial charge on any atom is 0.182 e. The summed E-state index contributed by atoms with van der Waals surface area (Å²) in [5.74, 6) is 2.09. The first kappa shape index (κ1) is 11.9. The van der Waals surface area contributed by atoms with Crippen LogP contribution in [0.25, 0.3) is 11.5 Å². The molecular weight excluding hydrogens is 238 g/mol. The maximum absolute atomic E-state index is 6.02. The molecule has 1 fully saturated rings. The van der Waals surface area contributed by atoms with Gasteiger partial charge in [0.25, 0.3) is 0 Å². The Kier molecular flexibility index (Phi) is 3.03. The highest BCUT2D eigenvalue weighted by molar-refractivity contribution is 5.63. The second-order valence-corrected chi connectivity index (χ2v) is 4.79. The van der Waals surface area contributed by atoms with Crippen LogP contribution in [0.5, 0.6) is 0 Å². The van der Waals surface area contributed by atoms with Crippen molar-refractivity contribution in [2.75, 3.05) is 23.7 Å². The number of aromatic nitrogens is 3. The van der Waals surface area contributed by atoms with Crippen molar-refractivity contribution in [3.63, 3.8) is 0 Å². The Balaban J connectivity index is 2.07. The molecule has 19 heavy (non-hydrogen) atoms. The van der Waals surface area contributed by atoms with Crippen LogP contribution in [-0.4, -0.2) is 28.0 Å². The Labute approximate surface area is 112 Å². The Morgan fingerprint density at radius 2 is 1.95 bits per heavy atom. The molecule has 5 heteroatoms. The normalized spacial score (nSPS) is 14.9. The highest BCUT2D eigenvalue weighted by atomic mass is 15.2. The molecule has 0 unspecified atom stereocenters. The van der Waals surface area contributed by atoms with Gasteiger partial charge >= 0.3 is 0 Å². The number of nitrogens with two attached hydrogens (primary N) is 1. The fourth-order valence-corrected chi connectivity index (χ4v) is 2.37. The minimum absolute atomic E-state index is 0.539. The number of hydrogen-bond donors (Lipinski definition) is 1. The smallest absolute Gasteiger partial charge is 0.182 e. The number of pyridine rings is 1. The Hall–Kier alpha value is -2.17. The second-order valence-electron chi connectivity index (χ2n) is 4.79. The number of nitrogens with zero attached hydrogens (tertiary/aromatic N) is 4. The second kappa shape index (κ2) is 4.84. The molecule has 0 spiro atoms. The summed E-state index contributed by atoms with van der Waals surface area (Å²) in [6.07, 6.45) is 4.16. The summed E-state index contributed by atoms with van der Waals surface area (Å²) in [6, 6.07) is 5.71. The van der Waals surface area contributed by atoms with Gasteiger partial charge in [0.15, 0.2) is 5.82 Å². The molecule has 2 aromatic heterocycles. The van der Waals surface area contributed by atoms with Gasteiger partial charge in [-0.15, -0.1) is 0 Å². The van der Waals surface area contributed by atoms with E-state index in [4.69, 9.17) is 5.73 Å². The average Bonchev–Trinajstić information content (AvgIpc) is 2.96. The highest BCUT2D eigenvalue weighted by Crippen LogP contribution is 2.27. The minimum Gasteiger partial charge on any atom is -0.383 e. The number of nitrogen functional groups attached to an aromatic ring is 1. The third kappa shape index (κ3) is 2.23. The third-order valence-corrected chi connectivity index (χ3v) is 3.46. The lowest BCUT2D eigenvalue weighted by molar-refractivity contribution is 0.919. The van der Waals surface area contributed by atoms with Crippen molar-refractivity contribution in [2.24, 2.45) is 0 Å². The van der Waals surface area contributed by atoms with Gasteiger partial charge in [-0.2, -0.15) is 0 Å². The fourth-order valence-electron chi connectivity index (χ4n) is 2.37. The first-order valence-electron chi connectivity index (χ1n) is 6.56. The molecule has 0 atom stereocenters. The molecule has 98 valence electrons. The molecule has 2 N–H and O–H groups in total. The Morgan fingerprint density at radius 1 is 1.16 bits per heavy atom. The van der Waals surface area contributed by atoms with E-state index in [9.17, 15) is 0 Å². The van der Waals surface area contributed by atoms with Crippen molar-refractivity contribution >= 4 is 11.6 Å². The van der Waals surface area contributed by atoms with Gasteiger partial charge in [0.2, 0.25) is 0 Å². The predicted molar refractivity (Wildman–Crippen MR) is 75.9 cm³/mol. The molecule has 3 heterocycles. The number of hydrogen-bond acceptors (Lipinski definition) is 5. The van der Waals surface area contributed by atoms with Gasteiger partial charge in [0.05, 0.1) is 0 Å². The zero-order valence-electron chi connectivity index (χ0n) is 11.0. The molecule has 2 aromatic rings. The quantitative estimate of drug-likeness (QED) is 0.889. The lowest BCUT2D eigenvalue weighted by Crippen LogP contribution is -2.21. The van der Waals surface area contributed by atoms with Crippen LogP contribution in [0.15, 0.2) is 24.4 Å². The van der Waals surface area contributed by atoms with Gasteiger partial charge in [-0.3, -0.25) is 4.98 Å². The molecule has 0 amide bonds. The van der Waals surface area contributed by atoms with Gasteiger partial charge in [-0.1, -0.05) is 6.07 Å². The van der Waals surface area contributed by atoms with Crippen molar-refractivity contribution in [3.8, 4) is 11.5 Å². The summed E-state index contributed by atoms with van der Waals surface area (Å²) in [7, 11) is 0. The van der Waals surface area contributed by atoms with Gasteiger partial charge < -0.3 is 10.6 Å². The van der Waals surface area contributed by atoms with Crippen LogP contribution >= 0.6 is 0 Å². The molecule has 0 aromatic carbocycles. The highest BCUT2D eigenvalue weighted by Gasteiger charge is 2.19. The van der Waals surface area contributed by atoms with E-state index in [2.05, 4.69) is 19.9 Å². The molecule has 5 nitrogen and oxygen atoms in total. The zero-order chi connectivity index (χ0) is 13.2. The summed E-state index contributed by atoms with van der Waals surface area (Å²) in [5.41, 5.74) is 7.74. The van der Waals surface area contributed by atoms with E-state index in [-0.39, 0.29) is 0 Å². The number of rotatable bonds is 2. The molecule has 1 aliphatic rings. The third-order valence-electron chi connectivity index (χ3n) is 3.46. The maximum atomic E-state index is 6.02. The topological polar surface area (TPSA) is 67.9 Å². The SMILES string of the molecule is Cc1c(N)nc(-c2ccccn2)nc1N1CCCC1. The molecule has 0 aliphatic carbocycles. The Bertz CT molecular complexity index is 576. The van der Waals surface area contributed by atoms with Crippen molar-refractivity contribution in [1.29, 1.82) is 0 Å². The summed E-state index contributed by atoms with van der Waals surface area (Å²) in [5, 5.41) is 0. The van der Waals surface area contributed by atoms with E-state index < -0.39 is 0 Å². The number of anilines is 2.